The summed E-state index contributed by atoms with van der Waals surface area (Å²) in [6.45, 7) is 0. The molecule has 1 fully saturated rings. The third-order valence-corrected chi connectivity index (χ3v) is 5.84. The minimum atomic E-state index is -3.72. The monoisotopic (exact) mass is 358 g/mol. The van der Waals surface area contributed by atoms with Crippen LogP contribution in [0, 0.1) is 0 Å². The zero-order valence-electron chi connectivity index (χ0n) is 13.7. The summed E-state index contributed by atoms with van der Waals surface area (Å²) in [4.78, 5) is 4.71. The molecule has 0 unspecified atom stereocenters. The van der Waals surface area contributed by atoms with E-state index in [-0.39, 0.29) is 4.90 Å². The van der Waals surface area contributed by atoms with Crippen LogP contribution in [0.5, 0.6) is 5.75 Å². The lowest BCUT2D eigenvalue weighted by Crippen LogP contribution is -2.13. The van der Waals surface area contributed by atoms with E-state index in [0.717, 1.165) is 18.7 Å². The van der Waals surface area contributed by atoms with Crippen molar-refractivity contribution in [3.8, 4) is 5.75 Å². The Morgan fingerprint density at radius 1 is 1.20 bits per heavy atom. The number of fused-ring (bicyclic) bond motifs is 1. The Balaban J connectivity index is 1.67. The van der Waals surface area contributed by atoms with E-state index in [1.165, 1.54) is 25.7 Å². The third-order valence-electron chi connectivity index (χ3n) is 4.46. The summed E-state index contributed by atoms with van der Waals surface area (Å²) >= 11 is 0. The summed E-state index contributed by atoms with van der Waals surface area (Å²) in [6, 6.07) is 9.67. The summed E-state index contributed by atoms with van der Waals surface area (Å²) in [5.41, 5.74) is 0.929. The number of pyridine rings is 1. The van der Waals surface area contributed by atoms with Crippen LogP contribution in [-0.2, 0) is 10.0 Å². The van der Waals surface area contributed by atoms with Gasteiger partial charge in [0.1, 0.15) is 5.75 Å². The Morgan fingerprint density at radius 2 is 1.96 bits per heavy atom. The predicted molar refractivity (Wildman–Crippen MR) is 93.4 cm³/mol. The Hall–Kier alpha value is -2.61. The minimum absolute atomic E-state index is 0.161. The third kappa shape index (κ3) is 2.93. The van der Waals surface area contributed by atoms with Crippen LogP contribution in [0.4, 0.5) is 5.69 Å². The molecule has 4 rings (SSSR count). The van der Waals surface area contributed by atoms with Crippen molar-refractivity contribution in [1.82, 2.24) is 14.6 Å². The number of hydrogen-bond donors (Lipinski definition) is 1. The number of sulfonamides is 1. The van der Waals surface area contributed by atoms with E-state index in [0.29, 0.717) is 23.0 Å². The molecular weight excluding hydrogens is 340 g/mol. The largest absolute Gasteiger partial charge is 0.497 e. The fourth-order valence-electron chi connectivity index (χ4n) is 2.80. The van der Waals surface area contributed by atoms with Gasteiger partial charge in [0.2, 0.25) is 0 Å². The molecule has 8 heteroatoms. The van der Waals surface area contributed by atoms with Crippen molar-refractivity contribution < 1.29 is 13.2 Å². The number of benzene rings is 1. The van der Waals surface area contributed by atoms with Crippen molar-refractivity contribution in [2.24, 2.45) is 0 Å². The summed E-state index contributed by atoms with van der Waals surface area (Å²) in [6.07, 6.45) is 5.14. The van der Waals surface area contributed by atoms with E-state index in [4.69, 9.17) is 4.74 Å². The number of nitrogens with zero attached hydrogens (tertiary/aromatic N) is 3. The maximum Gasteiger partial charge on any atom is 0.262 e. The van der Waals surface area contributed by atoms with Gasteiger partial charge in [-0.15, -0.1) is 0 Å². The topological polar surface area (TPSA) is 85.6 Å². The normalized spacial score (nSPS) is 15.1. The molecule has 0 radical (unpaired) electrons. The van der Waals surface area contributed by atoms with Crippen molar-refractivity contribution in [3.05, 3.63) is 48.4 Å². The lowest BCUT2D eigenvalue weighted by Gasteiger charge is -2.21. The average Bonchev–Trinajstić information content (AvgIpc) is 2.97. The lowest BCUT2D eigenvalue weighted by atomic mass is 9.85. The molecule has 3 aromatic rings. The highest BCUT2D eigenvalue weighted by molar-refractivity contribution is 7.92. The fraction of sp³-hybridized carbons (Fsp3) is 0.294. The lowest BCUT2D eigenvalue weighted by molar-refractivity contribution is 0.402. The molecule has 1 aliphatic carbocycles. The van der Waals surface area contributed by atoms with E-state index < -0.39 is 10.0 Å². The molecule has 0 aliphatic heterocycles. The van der Waals surface area contributed by atoms with Crippen LogP contribution < -0.4 is 9.46 Å². The van der Waals surface area contributed by atoms with Crippen molar-refractivity contribution >= 4 is 21.4 Å². The second kappa shape index (κ2) is 6.03. The molecule has 130 valence electrons. The Labute approximate surface area is 145 Å². The van der Waals surface area contributed by atoms with E-state index in [1.807, 2.05) is 0 Å². The quantitative estimate of drug-likeness (QED) is 0.758. The summed E-state index contributed by atoms with van der Waals surface area (Å²) in [7, 11) is -2.18. The number of methoxy groups -OCH3 is 1. The first-order chi connectivity index (χ1) is 12.1. The average molecular weight is 358 g/mol. The molecule has 0 amide bonds. The molecule has 1 saturated carbocycles. The van der Waals surface area contributed by atoms with E-state index in [1.54, 1.807) is 35.0 Å². The van der Waals surface area contributed by atoms with Crippen LogP contribution in [0.1, 0.15) is 31.0 Å². The van der Waals surface area contributed by atoms with Gasteiger partial charge in [-0.2, -0.15) is 5.10 Å². The molecule has 7 nitrogen and oxygen atoms in total. The SMILES string of the molecule is COc1ccc(S(=O)(=O)Nc2cccn3nc(C4CCC4)nc23)cc1. The van der Waals surface area contributed by atoms with E-state index in [9.17, 15) is 8.42 Å². The molecular formula is C17H18N4O3S. The molecule has 0 saturated heterocycles. The molecule has 1 aliphatic rings. The van der Waals surface area contributed by atoms with Crippen LogP contribution >= 0.6 is 0 Å². The molecule has 1 aromatic carbocycles. The van der Waals surface area contributed by atoms with Gasteiger partial charge >= 0.3 is 0 Å². The zero-order chi connectivity index (χ0) is 17.4. The van der Waals surface area contributed by atoms with Crippen LogP contribution in [0.2, 0.25) is 0 Å². The number of nitrogens with one attached hydrogen (secondary N) is 1. The Morgan fingerprint density at radius 3 is 2.60 bits per heavy atom. The highest BCUT2D eigenvalue weighted by atomic mass is 32.2. The highest BCUT2D eigenvalue weighted by Gasteiger charge is 2.25. The van der Waals surface area contributed by atoms with Crippen molar-refractivity contribution in [3.63, 3.8) is 0 Å². The summed E-state index contributed by atoms with van der Waals surface area (Å²) in [5, 5.41) is 4.48. The zero-order valence-corrected chi connectivity index (χ0v) is 14.5. The number of rotatable bonds is 5. The second-order valence-corrected chi connectivity index (χ2v) is 7.75. The molecule has 0 spiro atoms. The van der Waals surface area contributed by atoms with Crippen molar-refractivity contribution in [2.75, 3.05) is 11.8 Å². The van der Waals surface area contributed by atoms with E-state index >= 15 is 0 Å². The highest BCUT2D eigenvalue weighted by Crippen LogP contribution is 2.35. The number of anilines is 1. The van der Waals surface area contributed by atoms with Crippen LogP contribution in [0.3, 0.4) is 0 Å². The van der Waals surface area contributed by atoms with Gasteiger partial charge in [-0.25, -0.2) is 17.9 Å². The number of ether oxygens (including phenoxy) is 1. The first-order valence-electron chi connectivity index (χ1n) is 8.09. The molecule has 0 atom stereocenters. The number of hydrogen-bond acceptors (Lipinski definition) is 5. The van der Waals surface area contributed by atoms with Gasteiger partial charge in [0, 0.05) is 12.1 Å². The Bertz CT molecular complexity index is 1010. The first-order valence-corrected chi connectivity index (χ1v) is 9.57. The predicted octanol–water partition coefficient (Wildman–Crippen LogP) is 2.81. The maximum absolute atomic E-state index is 12.6. The van der Waals surface area contributed by atoms with Crippen LogP contribution in [0.15, 0.2) is 47.5 Å². The number of aromatic nitrogens is 3. The van der Waals surface area contributed by atoms with Gasteiger partial charge in [-0.05, 0) is 49.2 Å². The van der Waals surface area contributed by atoms with Gasteiger partial charge in [-0.1, -0.05) is 6.42 Å². The second-order valence-electron chi connectivity index (χ2n) is 6.07. The maximum atomic E-state index is 12.6. The first kappa shape index (κ1) is 15.9. The molecule has 25 heavy (non-hydrogen) atoms. The Kier molecular flexibility index (Phi) is 3.84. The molecule has 2 aromatic heterocycles. The minimum Gasteiger partial charge on any atom is -0.497 e. The van der Waals surface area contributed by atoms with Gasteiger partial charge in [-0.3, -0.25) is 4.72 Å². The van der Waals surface area contributed by atoms with Gasteiger partial charge < -0.3 is 4.74 Å². The smallest absolute Gasteiger partial charge is 0.262 e. The van der Waals surface area contributed by atoms with Gasteiger partial charge in [0.05, 0.1) is 17.7 Å². The summed E-state index contributed by atoms with van der Waals surface area (Å²) in [5.74, 6) is 1.76. The van der Waals surface area contributed by atoms with Crippen LogP contribution in [-0.4, -0.2) is 30.1 Å². The van der Waals surface area contributed by atoms with Gasteiger partial charge in [0.15, 0.2) is 11.5 Å². The van der Waals surface area contributed by atoms with Gasteiger partial charge in [0.25, 0.3) is 10.0 Å². The fourth-order valence-corrected chi connectivity index (χ4v) is 3.86. The van der Waals surface area contributed by atoms with E-state index in [2.05, 4.69) is 14.8 Å². The molecule has 1 N–H and O–H groups in total. The van der Waals surface area contributed by atoms with Crippen molar-refractivity contribution in [1.29, 1.82) is 0 Å². The standard InChI is InChI=1S/C17H18N4O3S/c1-24-13-7-9-14(10-8-13)25(22,23)20-15-6-3-11-21-17(15)18-16(19-21)12-4-2-5-12/h3,6-12,20H,2,4-5H2,1H3. The van der Waals surface area contributed by atoms with Crippen molar-refractivity contribution in [2.45, 2.75) is 30.1 Å². The van der Waals surface area contributed by atoms with Crippen LogP contribution in [0.25, 0.3) is 5.65 Å². The summed E-state index contributed by atoms with van der Waals surface area (Å²) < 4.78 is 34.6. The molecule has 2 heterocycles. The molecule has 0 bridgehead atoms.